The van der Waals surface area contributed by atoms with Crippen molar-refractivity contribution >= 4 is 40.5 Å². The molecule has 5 aliphatic rings. The minimum atomic E-state index is -2.13. The molecule has 3 fully saturated rings. The number of aromatic nitrogens is 1. The number of aliphatic hydroxyl groups is 9. The van der Waals surface area contributed by atoms with E-state index in [-0.39, 0.29) is 40.1 Å². The molecule has 3 aromatic carbocycles. The first-order chi connectivity index (χ1) is 35.3. The Hall–Kier alpha value is -6.70. The largest absolute Gasteiger partial charge is 0.508 e. The van der Waals surface area contributed by atoms with E-state index in [0.717, 1.165) is 6.07 Å². The van der Waals surface area contributed by atoms with Crippen molar-refractivity contribution in [2.45, 2.75) is 111 Å². The number of phenols is 2. The Balaban J connectivity index is 1.14. The average Bonchev–Trinajstić information content (AvgIpc) is 3.66. The number of ether oxygens (including phenoxy) is 9. The maximum atomic E-state index is 12.4. The van der Waals surface area contributed by atoms with E-state index in [1.807, 2.05) is 0 Å². The lowest BCUT2D eigenvalue weighted by Crippen LogP contribution is -2.64. The molecule has 0 saturated carbocycles. The van der Waals surface area contributed by atoms with Crippen LogP contribution in [0.1, 0.15) is 35.4 Å². The number of aliphatic carboxylic acids is 2. The van der Waals surface area contributed by atoms with Crippen LogP contribution in [0.15, 0.2) is 66.4 Å². The number of allylic oxidation sites excluding steroid dienone is 1. The van der Waals surface area contributed by atoms with Crippen LogP contribution in [-0.4, -0.2) is 207 Å². The van der Waals surface area contributed by atoms with Gasteiger partial charge >= 0.3 is 23.9 Å². The summed E-state index contributed by atoms with van der Waals surface area (Å²) in [6.07, 6.45) is -30.5. The molecule has 5 aliphatic heterocycles. The summed E-state index contributed by atoms with van der Waals surface area (Å²) >= 11 is 0. The summed E-state index contributed by atoms with van der Waals surface area (Å²) in [5.41, 5.74) is 1.26. The highest BCUT2D eigenvalue weighted by Crippen LogP contribution is 2.61. The molecule has 74 heavy (non-hydrogen) atoms. The summed E-state index contributed by atoms with van der Waals surface area (Å²) < 4.78 is 54.3. The SMILES string of the molecule is O=C(O)CC(=O)OC[C@H]1O[C@@H](Oc2cc(O)c3c(c2)Oc2c4c5ccccc5n2C(c2ccc(O)cc2)=C(O[C@@H]2O[C@H](COC(=O)CC(=O)O)[C@@H](O)[C@H](O)[C@H]2O[C@@H]2O[C@H](CO)[C@@H](O)[C@H](O)[C@H]2O)[C@H]34)[C@H](O)[C@@H](O)[C@@H]1O. The second-order valence-corrected chi connectivity index (χ2v) is 17.8. The summed E-state index contributed by atoms with van der Waals surface area (Å²) in [4.78, 5) is 46.6. The predicted octanol–water partition coefficient (Wildman–Crippen LogP) is -2.61. The van der Waals surface area contributed by atoms with Crippen molar-refractivity contribution in [3.05, 3.63) is 83.1 Å². The van der Waals surface area contributed by atoms with Crippen molar-refractivity contribution in [2.24, 2.45) is 0 Å². The van der Waals surface area contributed by atoms with Gasteiger partial charge in [-0.2, -0.15) is 0 Å². The minimum absolute atomic E-state index is 0.0375. The highest BCUT2D eigenvalue weighted by atomic mass is 16.8. The summed E-state index contributed by atoms with van der Waals surface area (Å²) in [6, 6.07) is 14.9. The Bertz CT molecular complexity index is 2810. The van der Waals surface area contributed by atoms with Gasteiger partial charge < -0.3 is 109 Å². The Morgan fingerprint density at radius 2 is 1.18 bits per heavy atom. The van der Waals surface area contributed by atoms with Crippen LogP contribution < -0.4 is 9.47 Å². The molecule has 0 amide bonds. The van der Waals surface area contributed by atoms with Gasteiger partial charge in [0.15, 0.2) is 12.4 Å². The minimum Gasteiger partial charge on any atom is -0.508 e. The maximum absolute atomic E-state index is 12.4. The summed E-state index contributed by atoms with van der Waals surface area (Å²) in [6.45, 7) is -2.53. The van der Waals surface area contributed by atoms with E-state index in [4.69, 9.17) is 52.8 Å². The fourth-order valence-corrected chi connectivity index (χ4v) is 9.37. The molecular formula is C47H49NO26. The first-order valence-electron chi connectivity index (χ1n) is 22.7. The number of carbonyl (C=O) groups excluding carboxylic acids is 2. The number of hydrogen-bond acceptors (Lipinski definition) is 24. The number of carboxylic acid groups (broad SMARTS) is 2. The second-order valence-electron chi connectivity index (χ2n) is 17.8. The third-order valence-electron chi connectivity index (χ3n) is 13.0. The molecule has 0 radical (unpaired) electrons. The van der Waals surface area contributed by atoms with Crippen LogP contribution in [0.3, 0.4) is 0 Å². The van der Waals surface area contributed by atoms with E-state index in [1.54, 1.807) is 28.8 Å². The lowest BCUT2D eigenvalue weighted by Gasteiger charge is -2.46. The fourth-order valence-electron chi connectivity index (χ4n) is 9.37. The zero-order valence-electron chi connectivity index (χ0n) is 38.1. The molecular weight excluding hydrogens is 994 g/mol. The van der Waals surface area contributed by atoms with Crippen molar-refractivity contribution in [1.82, 2.24) is 4.57 Å². The first-order valence-corrected chi connectivity index (χ1v) is 22.7. The molecule has 27 heteroatoms. The highest BCUT2D eigenvalue weighted by Gasteiger charge is 2.54. The number of aliphatic hydroxyl groups excluding tert-OH is 9. The predicted molar refractivity (Wildman–Crippen MR) is 237 cm³/mol. The molecule has 27 nitrogen and oxygen atoms in total. The number of fused-ring (bicyclic) bond motifs is 4. The zero-order chi connectivity index (χ0) is 53.0. The van der Waals surface area contributed by atoms with Crippen molar-refractivity contribution < 1.29 is 128 Å². The van der Waals surface area contributed by atoms with Gasteiger partial charge in [0.25, 0.3) is 0 Å². The van der Waals surface area contributed by atoms with E-state index in [1.165, 1.54) is 30.3 Å². The monoisotopic (exact) mass is 1040 g/mol. The molecule has 0 aliphatic carbocycles. The van der Waals surface area contributed by atoms with Gasteiger partial charge in [-0.1, -0.05) is 18.2 Å². The number of nitrogens with zero attached hydrogens (tertiary/aromatic N) is 1. The van der Waals surface area contributed by atoms with Gasteiger partial charge in [-0.05, 0) is 30.3 Å². The van der Waals surface area contributed by atoms with E-state index in [0.29, 0.717) is 22.0 Å². The van der Waals surface area contributed by atoms with Crippen molar-refractivity contribution in [3.8, 4) is 28.9 Å². The Labute approximate surface area is 415 Å². The van der Waals surface area contributed by atoms with Crippen LogP contribution in [0.25, 0.3) is 16.6 Å². The molecule has 3 saturated heterocycles. The number of phenolic OH excluding ortho intramolecular Hbond substituents is 2. The third kappa shape index (κ3) is 9.76. The van der Waals surface area contributed by atoms with E-state index in [9.17, 15) is 75.3 Å². The number of benzene rings is 3. The molecule has 1 aromatic heterocycles. The molecule has 9 rings (SSSR count). The summed E-state index contributed by atoms with van der Waals surface area (Å²) in [5.74, 6) is -7.91. The van der Waals surface area contributed by atoms with Gasteiger partial charge in [0.2, 0.25) is 18.5 Å². The van der Waals surface area contributed by atoms with Gasteiger partial charge in [-0.3, -0.25) is 23.7 Å². The zero-order valence-corrected chi connectivity index (χ0v) is 38.1. The molecule has 0 spiro atoms. The van der Waals surface area contributed by atoms with E-state index >= 15 is 0 Å². The molecule has 4 bridgehead atoms. The number of aromatic hydroxyl groups is 2. The molecule has 4 aromatic rings. The molecule has 6 heterocycles. The van der Waals surface area contributed by atoms with Crippen molar-refractivity contribution in [1.29, 1.82) is 0 Å². The number of para-hydroxylation sites is 1. The number of carbonyl (C=O) groups is 4. The van der Waals surface area contributed by atoms with Crippen LogP contribution in [0.5, 0.6) is 28.9 Å². The third-order valence-corrected chi connectivity index (χ3v) is 13.0. The smallest absolute Gasteiger partial charge is 0.317 e. The van der Waals surface area contributed by atoms with Gasteiger partial charge in [-0.15, -0.1) is 0 Å². The highest BCUT2D eigenvalue weighted by molar-refractivity contribution is 5.98. The average molecular weight is 1040 g/mol. The number of hydrogen-bond donors (Lipinski definition) is 13. The molecule has 0 unspecified atom stereocenters. The number of esters is 2. The summed E-state index contributed by atoms with van der Waals surface area (Å²) in [5, 5.41) is 139. The maximum Gasteiger partial charge on any atom is 0.317 e. The normalized spacial score (nSPS) is 32.2. The van der Waals surface area contributed by atoms with Crippen molar-refractivity contribution in [3.63, 3.8) is 0 Å². The molecule has 16 atom stereocenters. The van der Waals surface area contributed by atoms with Crippen LogP contribution in [0, 0.1) is 0 Å². The lowest BCUT2D eigenvalue weighted by atomic mass is 9.83. The van der Waals surface area contributed by atoms with Crippen LogP contribution >= 0.6 is 0 Å². The number of carboxylic acids is 2. The van der Waals surface area contributed by atoms with E-state index < -0.39 is 160 Å². The summed E-state index contributed by atoms with van der Waals surface area (Å²) in [7, 11) is 0. The Kier molecular flexibility index (Phi) is 14.7. The quantitative estimate of drug-likeness (QED) is 0.0404. The molecule has 13 N–H and O–H groups in total. The molecule has 398 valence electrons. The van der Waals surface area contributed by atoms with Gasteiger partial charge in [-0.25, -0.2) is 0 Å². The van der Waals surface area contributed by atoms with Crippen LogP contribution in [-0.2, 0) is 52.3 Å². The number of rotatable bonds is 16. The second kappa shape index (κ2) is 20.9. The fraction of sp³-hybridized carbons (Fsp3) is 0.447. The van der Waals surface area contributed by atoms with Crippen molar-refractivity contribution in [2.75, 3.05) is 19.8 Å². The Morgan fingerprint density at radius 3 is 1.80 bits per heavy atom. The van der Waals surface area contributed by atoms with Crippen LogP contribution in [0.2, 0.25) is 0 Å². The Morgan fingerprint density at radius 1 is 0.608 bits per heavy atom. The topological polar surface area (TPSA) is 419 Å². The lowest BCUT2D eigenvalue weighted by molar-refractivity contribution is -0.363. The van der Waals surface area contributed by atoms with Gasteiger partial charge in [0, 0.05) is 28.6 Å². The standard InChI is InChI=1S/C47H49NO26/c49-13-23-34(58)37(61)41(65)46(70-23)74-43-39(63)36(60)25(15-67-29(57)12-27(54)55)72-47(43)73-42-32-30-19-3-1-2-4-20(19)48(33(42)16-5-7-17(50)8-6-16)44(30)69-22-10-18(9-21(51)31(22)32)68-45-40(64)38(62)35(59)24(71-45)14-66-28(56)11-26(52)53/h1-10,23-25,32,34-41,43,45-47,49-51,58-65H,11-15H2,(H,52,53)(H,54,55)/t23-,24-,25-,32+,34-,35-,36-,37+,38+,39+,40-,41-,43-,45-,46+,47+/m1/s1. The van der Waals surface area contributed by atoms with E-state index in [2.05, 4.69) is 0 Å². The first kappa shape index (κ1) is 52.2. The van der Waals surface area contributed by atoms with Gasteiger partial charge in [0.1, 0.15) is 122 Å². The van der Waals surface area contributed by atoms with Crippen LogP contribution in [0.4, 0.5) is 0 Å². The van der Waals surface area contributed by atoms with Gasteiger partial charge in [0.05, 0.1) is 29.3 Å².